The Morgan fingerprint density at radius 1 is 1.03 bits per heavy atom. The Kier molecular flexibility index (Phi) is 5.04. The number of aromatic nitrogens is 1. The second-order valence-corrected chi connectivity index (χ2v) is 7.00. The molecular formula is C24H22N2O3. The molecule has 0 unspecified atom stereocenters. The van der Waals surface area contributed by atoms with E-state index in [0.29, 0.717) is 11.3 Å². The van der Waals surface area contributed by atoms with Crippen LogP contribution < -0.4 is 10.1 Å². The number of carbonyl (C=O) groups is 1. The number of furan rings is 1. The van der Waals surface area contributed by atoms with Gasteiger partial charge in [-0.3, -0.25) is 9.78 Å². The molecule has 2 aromatic heterocycles. The van der Waals surface area contributed by atoms with Crippen LogP contribution in [0.3, 0.4) is 0 Å². The number of hydrogen-bond acceptors (Lipinski definition) is 4. The molecule has 5 heteroatoms. The minimum absolute atomic E-state index is 0.230. The summed E-state index contributed by atoms with van der Waals surface area (Å²) in [4.78, 5) is 17.6. The van der Waals surface area contributed by atoms with Gasteiger partial charge in [-0.25, -0.2) is 0 Å². The van der Waals surface area contributed by atoms with Crippen molar-refractivity contribution in [3.05, 3.63) is 88.9 Å². The van der Waals surface area contributed by atoms with E-state index in [1.54, 1.807) is 0 Å². The average molecular weight is 386 g/mol. The molecule has 0 saturated carbocycles. The quantitative estimate of drug-likeness (QED) is 0.486. The standard InChI is InChI=1S/C24H22N2O3/c1-15-13-16(2)25-17(3)22(15)26-24(27)23-20(14-28-18-9-5-4-6-10-18)19-11-7-8-12-21(19)29-23/h4-13H,14H2,1-3H3,(H,26,27). The number of nitrogens with one attached hydrogen (secondary N) is 1. The Morgan fingerprint density at radius 2 is 1.76 bits per heavy atom. The van der Waals surface area contributed by atoms with Gasteiger partial charge < -0.3 is 14.5 Å². The van der Waals surface area contributed by atoms with Crippen LogP contribution in [0, 0.1) is 20.8 Å². The van der Waals surface area contributed by atoms with Crippen molar-refractivity contribution in [3.63, 3.8) is 0 Å². The summed E-state index contributed by atoms with van der Waals surface area (Å²) < 4.78 is 11.8. The smallest absolute Gasteiger partial charge is 0.291 e. The van der Waals surface area contributed by atoms with E-state index in [9.17, 15) is 4.79 Å². The number of rotatable bonds is 5. The number of amides is 1. The van der Waals surface area contributed by atoms with Gasteiger partial charge in [-0.2, -0.15) is 0 Å². The van der Waals surface area contributed by atoms with Gasteiger partial charge in [-0.1, -0.05) is 36.4 Å². The molecule has 4 rings (SSSR count). The van der Waals surface area contributed by atoms with Crippen molar-refractivity contribution in [2.45, 2.75) is 27.4 Å². The number of carbonyl (C=O) groups excluding carboxylic acids is 1. The van der Waals surface area contributed by atoms with Crippen LogP contribution in [0.25, 0.3) is 11.0 Å². The highest BCUT2D eigenvalue weighted by atomic mass is 16.5. The lowest BCUT2D eigenvalue weighted by Crippen LogP contribution is -2.16. The van der Waals surface area contributed by atoms with Gasteiger partial charge in [0.1, 0.15) is 17.9 Å². The Bertz CT molecular complexity index is 1160. The Hall–Kier alpha value is -3.60. The molecule has 0 saturated heterocycles. The number of para-hydroxylation sites is 2. The fourth-order valence-electron chi connectivity index (χ4n) is 3.48. The van der Waals surface area contributed by atoms with Crippen LogP contribution in [0.2, 0.25) is 0 Å². The number of aryl methyl sites for hydroxylation is 3. The third-order valence-electron chi connectivity index (χ3n) is 4.80. The van der Waals surface area contributed by atoms with E-state index in [0.717, 1.165) is 33.7 Å². The molecule has 0 spiro atoms. The summed E-state index contributed by atoms with van der Waals surface area (Å²) in [5, 5.41) is 3.84. The highest BCUT2D eigenvalue weighted by Crippen LogP contribution is 2.29. The first-order valence-corrected chi connectivity index (χ1v) is 9.47. The second-order valence-electron chi connectivity index (χ2n) is 7.00. The van der Waals surface area contributed by atoms with E-state index in [2.05, 4.69) is 10.3 Å². The summed E-state index contributed by atoms with van der Waals surface area (Å²) in [5.41, 5.74) is 4.72. The molecule has 5 nitrogen and oxygen atoms in total. The summed E-state index contributed by atoms with van der Waals surface area (Å²) in [7, 11) is 0. The number of ether oxygens (including phenoxy) is 1. The van der Waals surface area contributed by atoms with E-state index in [1.165, 1.54) is 0 Å². The molecule has 2 aromatic carbocycles. The molecule has 0 aliphatic carbocycles. The molecule has 0 bridgehead atoms. The SMILES string of the molecule is Cc1cc(C)c(NC(=O)c2oc3ccccc3c2COc2ccccc2)c(C)n1. The number of nitrogens with zero attached hydrogens (tertiary/aromatic N) is 1. The molecule has 0 fully saturated rings. The summed E-state index contributed by atoms with van der Waals surface area (Å²) in [6.45, 7) is 6.00. The highest BCUT2D eigenvalue weighted by molar-refractivity contribution is 6.07. The minimum Gasteiger partial charge on any atom is -0.489 e. The van der Waals surface area contributed by atoms with Gasteiger partial charge in [0.25, 0.3) is 5.91 Å². The van der Waals surface area contributed by atoms with Crippen LogP contribution in [0.15, 0.2) is 65.1 Å². The molecule has 146 valence electrons. The van der Waals surface area contributed by atoms with Crippen molar-refractivity contribution in [2.75, 3.05) is 5.32 Å². The number of benzene rings is 2. The third-order valence-corrected chi connectivity index (χ3v) is 4.80. The molecule has 0 aliphatic rings. The van der Waals surface area contributed by atoms with Crippen molar-refractivity contribution in [2.24, 2.45) is 0 Å². The maximum absolute atomic E-state index is 13.1. The summed E-state index contributed by atoms with van der Waals surface area (Å²) in [5.74, 6) is 0.671. The van der Waals surface area contributed by atoms with Crippen molar-refractivity contribution in [1.29, 1.82) is 0 Å². The Morgan fingerprint density at radius 3 is 2.52 bits per heavy atom. The van der Waals surface area contributed by atoms with Crippen molar-refractivity contribution in [1.82, 2.24) is 4.98 Å². The Labute approximate surface area is 169 Å². The second kappa shape index (κ2) is 7.80. The van der Waals surface area contributed by atoms with Gasteiger partial charge in [0.2, 0.25) is 0 Å². The summed E-state index contributed by atoms with van der Waals surface area (Å²) in [6.07, 6.45) is 0. The van der Waals surface area contributed by atoms with E-state index in [1.807, 2.05) is 81.4 Å². The highest BCUT2D eigenvalue weighted by Gasteiger charge is 2.22. The first-order chi connectivity index (χ1) is 14.0. The maximum Gasteiger partial charge on any atom is 0.291 e. The summed E-state index contributed by atoms with van der Waals surface area (Å²) >= 11 is 0. The zero-order chi connectivity index (χ0) is 20.4. The third kappa shape index (κ3) is 3.85. The van der Waals surface area contributed by atoms with Crippen LogP contribution in [0.4, 0.5) is 5.69 Å². The zero-order valence-corrected chi connectivity index (χ0v) is 16.7. The van der Waals surface area contributed by atoms with Crippen LogP contribution in [0.5, 0.6) is 5.75 Å². The lowest BCUT2D eigenvalue weighted by molar-refractivity contribution is 0.0995. The molecule has 29 heavy (non-hydrogen) atoms. The fourth-order valence-corrected chi connectivity index (χ4v) is 3.48. The first-order valence-electron chi connectivity index (χ1n) is 9.47. The first kappa shape index (κ1) is 18.7. The normalized spacial score (nSPS) is 10.9. The molecule has 0 atom stereocenters. The lowest BCUT2D eigenvalue weighted by Gasteiger charge is -2.12. The molecular weight excluding hydrogens is 364 g/mol. The largest absolute Gasteiger partial charge is 0.489 e. The van der Waals surface area contributed by atoms with E-state index in [-0.39, 0.29) is 18.3 Å². The van der Waals surface area contributed by atoms with Gasteiger partial charge in [-0.15, -0.1) is 0 Å². The van der Waals surface area contributed by atoms with E-state index < -0.39 is 0 Å². The van der Waals surface area contributed by atoms with Crippen LogP contribution in [-0.4, -0.2) is 10.9 Å². The van der Waals surface area contributed by atoms with Crippen molar-refractivity contribution < 1.29 is 13.9 Å². The van der Waals surface area contributed by atoms with Crippen LogP contribution >= 0.6 is 0 Å². The van der Waals surface area contributed by atoms with Gasteiger partial charge >= 0.3 is 0 Å². The molecule has 1 amide bonds. The van der Waals surface area contributed by atoms with Crippen LogP contribution in [0.1, 0.15) is 33.1 Å². The predicted molar refractivity (Wildman–Crippen MR) is 113 cm³/mol. The molecule has 4 aromatic rings. The topological polar surface area (TPSA) is 64.4 Å². The van der Waals surface area contributed by atoms with Gasteiger partial charge in [0, 0.05) is 16.6 Å². The summed E-state index contributed by atoms with van der Waals surface area (Å²) in [6, 6.07) is 19.0. The number of hydrogen-bond donors (Lipinski definition) is 1. The molecule has 0 aliphatic heterocycles. The Balaban J connectivity index is 1.68. The predicted octanol–water partition coefficient (Wildman–Crippen LogP) is 5.58. The van der Waals surface area contributed by atoms with Crippen molar-refractivity contribution in [3.8, 4) is 5.75 Å². The monoisotopic (exact) mass is 386 g/mol. The van der Waals surface area contributed by atoms with Crippen molar-refractivity contribution >= 4 is 22.6 Å². The fraction of sp³-hybridized carbons (Fsp3) is 0.167. The lowest BCUT2D eigenvalue weighted by atomic mass is 10.1. The van der Waals surface area contributed by atoms with Crippen LogP contribution in [-0.2, 0) is 6.61 Å². The number of anilines is 1. The number of pyridine rings is 1. The van der Waals surface area contributed by atoms with Gasteiger partial charge in [0.15, 0.2) is 5.76 Å². The van der Waals surface area contributed by atoms with E-state index >= 15 is 0 Å². The minimum atomic E-state index is -0.315. The van der Waals surface area contributed by atoms with Gasteiger partial charge in [-0.05, 0) is 50.6 Å². The van der Waals surface area contributed by atoms with E-state index in [4.69, 9.17) is 9.15 Å². The maximum atomic E-state index is 13.1. The van der Waals surface area contributed by atoms with Gasteiger partial charge in [0.05, 0.1) is 11.4 Å². The molecule has 2 heterocycles. The molecule has 1 N–H and O–H groups in total. The zero-order valence-electron chi connectivity index (χ0n) is 16.7. The average Bonchev–Trinajstić information content (AvgIpc) is 3.08. The number of fused-ring (bicyclic) bond motifs is 1. The molecule has 0 radical (unpaired) electrons.